The topological polar surface area (TPSA) is 55.1 Å². The van der Waals surface area contributed by atoms with Gasteiger partial charge in [0.1, 0.15) is 0 Å². The molecule has 0 unspecified atom stereocenters. The standard InChI is InChI=1S/C13H8ClF3N2O/c14-8-2-1-7(18)5-11(8)19-13(20)6-3-9(15)12(17)10(16)4-6/h1-5H,18H2,(H,19,20). The lowest BCUT2D eigenvalue weighted by Crippen LogP contribution is -2.13. The molecule has 0 heterocycles. The average Bonchev–Trinajstić information content (AvgIpc) is 2.39. The monoisotopic (exact) mass is 300 g/mol. The van der Waals surface area contributed by atoms with E-state index < -0.39 is 23.4 Å². The van der Waals surface area contributed by atoms with Gasteiger partial charge in [-0.05, 0) is 30.3 Å². The molecule has 3 nitrogen and oxygen atoms in total. The van der Waals surface area contributed by atoms with E-state index in [0.717, 1.165) is 0 Å². The number of nitrogen functional groups attached to an aromatic ring is 1. The van der Waals surface area contributed by atoms with Crippen molar-refractivity contribution >= 4 is 28.9 Å². The molecule has 0 spiro atoms. The molecule has 0 saturated heterocycles. The highest BCUT2D eigenvalue weighted by atomic mass is 35.5. The molecule has 0 aliphatic carbocycles. The van der Waals surface area contributed by atoms with Crippen LogP contribution in [-0.2, 0) is 0 Å². The summed E-state index contributed by atoms with van der Waals surface area (Å²) in [4.78, 5) is 11.8. The summed E-state index contributed by atoms with van der Waals surface area (Å²) in [7, 11) is 0. The molecule has 7 heteroatoms. The molecule has 0 atom stereocenters. The van der Waals surface area contributed by atoms with E-state index in [1.807, 2.05) is 0 Å². The lowest BCUT2D eigenvalue weighted by atomic mass is 10.2. The van der Waals surface area contributed by atoms with Crippen LogP contribution in [0.5, 0.6) is 0 Å². The highest BCUT2D eigenvalue weighted by molar-refractivity contribution is 6.34. The third-order valence-corrected chi connectivity index (χ3v) is 2.81. The summed E-state index contributed by atoms with van der Waals surface area (Å²) in [5, 5.41) is 2.54. The van der Waals surface area contributed by atoms with Gasteiger partial charge in [0.05, 0.1) is 10.7 Å². The molecule has 0 bridgehead atoms. The normalized spacial score (nSPS) is 10.4. The van der Waals surface area contributed by atoms with Crippen LogP contribution < -0.4 is 11.1 Å². The van der Waals surface area contributed by atoms with Crippen LogP contribution in [0.25, 0.3) is 0 Å². The smallest absolute Gasteiger partial charge is 0.255 e. The fourth-order valence-corrected chi connectivity index (χ4v) is 1.68. The number of anilines is 2. The Labute approximate surface area is 117 Å². The van der Waals surface area contributed by atoms with Gasteiger partial charge in [-0.3, -0.25) is 4.79 Å². The number of nitrogens with two attached hydrogens (primary N) is 1. The van der Waals surface area contributed by atoms with Crippen LogP contribution in [0.3, 0.4) is 0 Å². The second kappa shape index (κ2) is 5.42. The Bertz CT molecular complexity index is 668. The quantitative estimate of drug-likeness (QED) is 0.658. The van der Waals surface area contributed by atoms with Gasteiger partial charge in [0.25, 0.3) is 5.91 Å². The number of hydrogen-bond acceptors (Lipinski definition) is 2. The van der Waals surface area contributed by atoms with Crippen LogP contribution in [0.1, 0.15) is 10.4 Å². The molecule has 2 rings (SSSR count). The predicted molar refractivity (Wildman–Crippen MR) is 70.1 cm³/mol. The molecule has 0 radical (unpaired) electrons. The Morgan fingerprint density at radius 2 is 1.70 bits per heavy atom. The first kappa shape index (κ1) is 14.2. The van der Waals surface area contributed by atoms with Crippen LogP contribution >= 0.6 is 11.6 Å². The first-order valence-corrected chi connectivity index (χ1v) is 5.77. The van der Waals surface area contributed by atoms with Gasteiger partial charge in [-0.25, -0.2) is 13.2 Å². The van der Waals surface area contributed by atoms with Gasteiger partial charge in [0, 0.05) is 11.3 Å². The molecule has 0 fully saturated rings. The number of hydrogen-bond donors (Lipinski definition) is 2. The van der Waals surface area contributed by atoms with Gasteiger partial charge in [-0.1, -0.05) is 11.6 Å². The summed E-state index contributed by atoms with van der Waals surface area (Å²) in [6.45, 7) is 0. The lowest BCUT2D eigenvalue weighted by molar-refractivity contribution is 0.102. The molecule has 0 aliphatic heterocycles. The van der Waals surface area contributed by atoms with Crippen LogP contribution in [-0.4, -0.2) is 5.91 Å². The van der Waals surface area contributed by atoms with E-state index >= 15 is 0 Å². The summed E-state index contributed by atoms with van der Waals surface area (Å²) in [5.74, 6) is -5.37. The first-order valence-electron chi connectivity index (χ1n) is 5.39. The summed E-state index contributed by atoms with van der Waals surface area (Å²) >= 11 is 5.84. The Hall–Kier alpha value is -2.21. The molecule has 1 amide bonds. The largest absolute Gasteiger partial charge is 0.399 e. The van der Waals surface area contributed by atoms with E-state index in [9.17, 15) is 18.0 Å². The molecule has 0 saturated carbocycles. The molecule has 2 aromatic rings. The molecule has 0 aliphatic rings. The zero-order valence-electron chi connectivity index (χ0n) is 9.88. The van der Waals surface area contributed by atoms with Crippen LogP contribution in [0.2, 0.25) is 5.02 Å². The van der Waals surface area contributed by atoms with Gasteiger partial charge in [-0.2, -0.15) is 0 Å². The Balaban J connectivity index is 2.31. The van der Waals surface area contributed by atoms with Crippen molar-refractivity contribution in [3.05, 3.63) is 58.4 Å². The molecule has 2 aromatic carbocycles. The van der Waals surface area contributed by atoms with Crippen molar-refractivity contribution in [1.29, 1.82) is 0 Å². The van der Waals surface area contributed by atoms with E-state index in [4.69, 9.17) is 17.3 Å². The first-order chi connectivity index (χ1) is 9.38. The number of rotatable bonds is 2. The van der Waals surface area contributed by atoms with Gasteiger partial charge in [0.15, 0.2) is 17.5 Å². The Morgan fingerprint density at radius 3 is 2.30 bits per heavy atom. The molecule has 104 valence electrons. The van der Waals surface area contributed by atoms with E-state index in [-0.39, 0.29) is 16.3 Å². The number of benzene rings is 2. The minimum absolute atomic E-state index is 0.182. The van der Waals surface area contributed by atoms with Crippen molar-refractivity contribution in [2.75, 3.05) is 11.1 Å². The average molecular weight is 301 g/mol. The minimum Gasteiger partial charge on any atom is -0.399 e. The summed E-state index contributed by atoms with van der Waals surface area (Å²) < 4.78 is 38.9. The maximum absolute atomic E-state index is 13.0. The molecule has 0 aromatic heterocycles. The molecule has 20 heavy (non-hydrogen) atoms. The van der Waals surface area contributed by atoms with E-state index in [1.54, 1.807) is 0 Å². The highest BCUT2D eigenvalue weighted by Crippen LogP contribution is 2.25. The zero-order valence-corrected chi connectivity index (χ0v) is 10.6. The minimum atomic E-state index is -1.64. The maximum atomic E-state index is 13.0. The lowest BCUT2D eigenvalue weighted by Gasteiger charge is -2.08. The predicted octanol–water partition coefficient (Wildman–Crippen LogP) is 3.59. The van der Waals surface area contributed by atoms with E-state index in [1.165, 1.54) is 18.2 Å². The SMILES string of the molecule is Nc1ccc(Cl)c(NC(=O)c2cc(F)c(F)c(F)c2)c1. The summed E-state index contributed by atoms with van der Waals surface area (Å²) in [5.41, 5.74) is 5.69. The number of halogens is 4. The highest BCUT2D eigenvalue weighted by Gasteiger charge is 2.16. The second-order valence-electron chi connectivity index (χ2n) is 3.95. The second-order valence-corrected chi connectivity index (χ2v) is 4.35. The molecule has 3 N–H and O–H groups in total. The van der Waals surface area contributed by atoms with Gasteiger partial charge in [0.2, 0.25) is 0 Å². The fraction of sp³-hybridized carbons (Fsp3) is 0. The summed E-state index contributed by atoms with van der Waals surface area (Å²) in [6.07, 6.45) is 0. The number of carbonyl (C=O) groups is 1. The Morgan fingerprint density at radius 1 is 1.10 bits per heavy atom. The van der Waals surface area contributed by atoms with Crippen molar-refractivity contribution in [1.82, 2.24) is 0 Å². The van der Waals surface area contributed by atoms with Gasteiger partial charge < -0.3 is 11.1 Å². The van der Waals surface area contributed by atoms with Crippen molar-refractivity contribution in [3.8, 4) is 0 Å². The number of amides is 1. The van der Waals surface area contributed by atoms with Crippen molar-refractivity contribution in [2.24, 2.45) is 0 Å². The van der Waals surface area contributed by atoms with E-state index in [2.05, 4.69) is 5.32 Å². The van der Waals surface area contributed by atoms with E-state index in [0.29, 0.717) is 17.8 Å². The number of nitrogens with one attached hydrogen (secondary N) is 1. The third kappa shape index (κ3) is 2.85. The van der Waals surface area contributed by atoms with Crippen LogP contribution in [0, 0.1) is 17.5 Å². The van der Waals surface area contributed by atoms with Gasteiger partial charge >= 0.3 is 0 Å². The fourth-order valence-electron chi connectivity index (χ4n) is 1.52. The maximum Gasteiger partial charge on any atom is 0.255 e. The number of carbonyl (C=O) groups excluding carboxylic acids is 1. The Kier molecular flexibility index (Phi) is 3.85. The summed E-state index contributed by atoms with van der Waals surface area (Å²) in [6, 6.07) is 5.55. The van der Waals surface area contributed by atoms with Gasteiger partial charge in [-0.15, -0.1) is 0 Å². The van der Waals surface area contributed by atoms with Crippen LogP contribution in [0.4, 0.5) is 24.5 Å². The van der Waals surface area contributed by atoms with Crippen molar-refractivity contribution in [3.63, 3.8) is 0 Å². The molecular formula is C13H8ClF3N2O. The van der Waals surface area contributed by atoms with Crippen molar-refractivity contribution in [2.45, 2.75) is 0 Å². The zero-order chi connectivity index (χ0) is 14.9. The van der Waals surface area contributed by atoms with Crippen molar-refractivity contribution < 1.29 is 18.0 Å². The molecular weight excluding hydrogens is 293 g/mol. The van der Waals surface area contributed by atoms with Crippen LogP contribution in [0.15, 0.2) is 30.3 Å². The third-order valence-electron chi connectivity index (χ3n) is 2.48.